The highest BCUT2D eigenvalue weighted by Gasteiger charge is 2.64. The Morgan fingerprint density at radius 3 is 2.41 bits per heavy atom. The van der Waals surface area contributed by atoms with E-state index in [9.17, 15) is 19.2 Å². The van der Waals surface area contributed by atoms with E-state index in [1.165, 1.54) is 19.4 Å². The summed E-state index contributed by atoms with van der Waals surface area (Å²) in [6, 6.07) is 0. The predicted octanol–water partition coefficient (Wildman–Crippen LogP) is 5.92. The van der Waals surface area contributed by atoms with Gasteiger partial charge in [-0.25, -0.2) is 0 Å². The smallest absolute Gasteiger partial charge is 0.303 e. The number of ketones is 2. The molecule has 204 valence electrons. The number of carbonyl (C=O) groups is 4. The molecule has 0 aliphatic heterocycles. The minimum Gasteiger partial charge on any atom is -0.459 e. The molecule has 3 fully saturated rings. The third kappa shape index (κ3) is 4.85. The first-order valence-electron chi connectivity index (χ1n) is 14.2. The van der Waals surface area contributed by atoms with Crippen LogP contribution in [0.2, 0.25) is 0 Å². The van der Waals surface area contributed by atoms with E-state index in [2.05, 4.69) is 27.7 Å². The third-order valence-electron chi connectivity index (χ3n) is 10.4. The van der Waals surface area contributed by atoms with Crippen LogP contribution in [0.5, 0.6) is 0 Å². The van der Waals surface area contributed by atoms with Gasteiger partial charge in [0, 0.05) is 37.0 Å². The SMILES string of the molecule is CCCCCC(OC(C)=O)C(OC(C)=O)[C@H]1CC(=O)[C@@]2(C)CC[C@H]3[C@@H](CCC4=CC(=O)C=C(C)[C@@]43C)[C@H]12. The molecule has 6 heteroatoms. The van der Waals surface area contributed by atoms with Gasteiger partial charge in [-0.05, 0) is 75.4 Å². The molecule has 0 saturated heterocycles. The number of fused-ring (bicyclic) bond motifs is 5. The molecule has 8 atom stereocenters. The fourth-order valence-corrected chi connectivity index (χ4v) is 8.56. The lowest BCUT2D eigenvalue weighted by Crippen LogP contribution is -2.54. The van der Waals surface area contributed by atoms with Crippen LogP contribution in [0.3, 0.4) is 0 Å². The molecule has 0 heterocycles. The van der Waals surface area contributed by atoms with Gasteiger partial charge in [-0.1, -0.05) is 44.8 Å². The van der Waals surface area contributed by atoms with E-state index in [1.54, 1.807) is 6.08 Å². The molecule has 4 aliphatic carbocycles. The summed E-state index contributed by atoms with van der Waals surface area (Å²) < 4.78 is 11.8. The van der Waals surface area contributed by atoms with Crippen molar-refractivity contribution in [3.63, 3.8) is 0 Å². The zero-order valence-corrected chi connectivity index (χ0v) is 23.4. The van der Waals surface area contributed by atoms with Crippen LogP contribution in [0.25, 0.3) is 0 Å². The average Bonchev–Trinajstić information content (AvgIpc) is 3.08. The second-order valence-electron chi connectivity index (χ2n) is 12.4. The number of esters is 2. The van der Waals surface area contributed by atoms with Gasteiger partial charge in [-0.2, -0.15) is 0 Å². The molecule has 4 rings (SSSR count). The fourth-order valence-electron chi connectivity index (χ4n) is 8.56. The first-order chi connectivity index (χ1) is 17.4. The maximum atomic E-state index is 13.7. The Labute approximate surface area is 221 Å². The summed E-state index contributed by atoms with van der Waals surface area (Å²) in [5.41, 5.74) is 1.66. The fraction of sp³-hybridized carbons (Fsp3) is 0.742. The van der Waals surface area contributed by atoms with Crippen molar-refractivity contribution in [2.24, 2.45) is 34.5 Å². The number of hydrogen-bond acceptors (Lipinski definition) is 6. The normalized spacial score (nSPS) is 36.4. The summed E-state index contributed by atoms with van der Waals surface area (Å²) in [6.07, 6.45) is 9.75. The maximum absolute atomic E-state index is 13.7. The number of hydrogen-bond donors (Lipinski definition) is 0. The maximum Gasteiger partial charge on any atom is 0.303 e. The molecule has 0 amide bonds. The summed E-state index contributed by atoms with van der Waals surface area (Å²) in [6.45, 7) is 11.4. The first kappa shape index (κ1) is 27.8. The standard InChI is InChI=1S/C31H44O6/c1-7-8-9-10-26(36-19(3)32)29(37-20(4)33)24-17-27(35)30(5)14-13-25-23(28(24)30)12-11-21-16-22(34)15-18(2)31(21,25)6/h15-16,23-26,28-29H,7-14,17H2,1-6H3/t23-,24+,25+,26?,28-,29?,30-,31+/m1/s1. The quantitative estimate of drug-likeness (QED) is 0.296. The summed E-state index contributed by atoms with van der Waals surface area (Å²) in [5.74, 6) is -0.0552. The van der Waals surface area contributed by atoms with Crippen LogP contribution in [0, 0.1) is 34.5 Å². The molecule has 6 nitrogen and oxygen atoms in total. The van der Waals surface area contributed by atoms with Crippen molar-refractivity contribution >= 4 is 23.5 Å². The second kappa shape index (κ2) is 10.5. The highest BCUT2D eigenvalue weighted by atomic mass is 16.6. The van der Waals surface area contributed by atoms with Gasteiger partial charge < -0.3 is 9.47 Å². The average molecular weight is 513 g/mol. The van der Waals surface area contributed by atoms with Crippen LogP contribution in [-0.4, -0.2) is 35.7 Å². The summed E-state index contributed by atoms with van der Waals surface area (Å²) >= 11 is 0. The largest absolute Gasteiger partial charge is 0.459 e. The van der Waals surface area contributed by atoms with Crippen molar-refractivity contribution in [2.45, 2.75) is 112 Å². The molecule has 4 aliphatic rings. The lowest BCUT2D eigenvalue weighted by Gasteiger charge is -2.58. The van der Waals surface area contributed by atoms with E-state index in [-0.39, 0.29) is 40.7 Å². The molecule has 3 saturated carbocycles. The van der Waals surface area contributed by atoms with Gasteiger partial charge in [0.1, 0.15) is 18.0 Å². The third-order valence-corrected chi connectivity index (χ3v) is 10.4. The van der Waals surface area contributed by atoms with Gasteiger partial charge in [-0.3, -0.25) is 19.2 Å². The Kier molecular flexibility index (Phi) is 7.88. The Morgan fingerprint density at radius 1 is 1.05 bits per heavy atom. The minimum absolute atomic E-state index is 0.0381. The Hall–Kier alpha value is -2.24. The van der Waals surface area contributed by atoms with Gasteiger partial charge in [0.25, 0.3) is 0 Å². The highest BCUT2D eigenvalue weighted by molar-refractivity contribution is 6.02. The van der Waals surface area contributed by atoms with Gasteiger partial charge >= 0.3 is 11.9 Å². The van der Waals surface area contributed by atoms with Gasteiger partial charge in [-0.15, -0.1) is 0 Å². The molecular weight excluding hydrogens is 468 g/mol. The molecule has 37 heavy (non-hydrogen) atoms. The van der Waals surface area contributed by atoms with E-state index in [0.29, 0.717) is 18.8 Å². The van der Waals surface area contributed by atoms with E-state index >= 15 is 0 Å². The first-order valence-corrected chi connectivity index (χ1v) is 14.2. The molecule has 0 N–H and O–H groups in total. The molecular formula is C31H44O6. The van der Waals surface area contributed by atoms with Crippen LogP contribution in [0.4, 0.5) is 0 Å². The number of Topliss-reactive ketones (excluding diaryl/α,β-unsaturated/α-hetero) is 1. The monoisotopic (exact) mass is 512 g/mol. The van der Waals surface area contributed by atoms with E-state index in [1.807, 2.05) is 6.08 Å². The summed E-state index contributed by atoms with van der Waals surface area (Å²) in [7, 11) is 0. The van der Waals surface area contributed by atoms with Crippen molar-refractivity contribution in [2.75, 3.05) is 0 Å². The molecule has 0 aromatic rings. The Morgan fingerprint density at radius 2 is 1.76 bits per heavy atom. The van der Waals surface area contributed by atoms with Gasteiger partial charge in [0.05, 0.1) is 0 Å². The summed E-state index contributed by atoms with van der Waals surface area (Å²) in [4.78, 5) is 50.5. The van der Waals surface area contributed by atoms with Crippen LogP contribution >= 0.6 is 0 Å². The number of unbranched alkanes of at least 4 members (excludes halogenated alkanes) is 2. The lowest BCUT2D eigenvalue weighted by atomic mass is 9.46. The van der Waals surface area contributed by atoms with E-state index < -0.39 is 23.6 Å². The summed E-state index contributed by atoms with van der Waals surface area (Å²) in [5, 5.41) is 0. The Balaban J connectivity index is 1.74. The predicted molar refractivity (Wildman–Crippen MR) is 140 cm³/mol. The molecule has 0 bridgehead atoms. The number of carbonyl (C=O) groups excluding carboxylic acids is 4. The lowest BCUT2D eigenvalue weighted by molar-refractivity contribution is -0.176. The van der Waals surface area contributed by atoms with Crippen LogP contribution in [0.15, 0.2) is 23.3 Å². The number of allylic oxidation sites excluding steroid dienone is 4. The molecule has 0 spiro atoms. The second-order valence-corrected chi connectivity index (χ2v) is 12.4. The van der Waals surface area contributed by atoms with E-state index in [0.717, 1.165) is 50.5 Å². The molecule has 0 aromatic heterocycles. The minimum atomic E-state index is -0.637. The zero-order chi connectivity index (χ0) is 27.1. The van der Waals surface area contributed by atoms with Crippen molar-refractivity contribution in [1.82, 2.24) is 0 Å². The van der Waals surface area contributed by atoms with E-state index in [4.69, 9.17) is 9.47 Å². The number of ether oxygens (including phenoxy) is 2. The topological polar surface area (TPSA) is 86.7 Å². The molecule has 0 radical (unpaired) electrons. The van der Waals surface area contributed by atoms with Crippen molar-refractivity contribution < 1.29 is 28.7 Å². The van der Waals surface area contributed by atoms with Gasteiger partial charge in [0.15, 0.2) is 5.78 Å². The van der Waals surface area contributed by atoms with Crippen LogP contribution < -0.4 is 0 Å². The van der Waals surface area contributed by atoms with Crippen molar-refractivity contribution in [1.29, 1.82) is 0 Å². The van der Waals surface area contributed by atoms with Crippen molar-refractivity contribution in [3.05, 3.63) is 23.3 Å². The molecule has 0 aromatic carbocycles. The van der Waals surface area contributed by atoms with Crippen LogP contribution in [0.1, 0.15) is 99.3 Å². The highest BCUT2D eigenvalue weighted by Crippen LogP contribution is 2.66. The number of rotatable bonds is 8. The van der Waals surface area contributed by atoms with Gasteiger partial charge in [0.2, 0.25) is 0 Å². The van der Waals surface area contributed by atoms with Crippen molar-refractivity contribution in [3.8, 4) is 0 Å². The zero-order valence-electron chi connectivity index (χ0n) is 23.4. The van der Waals surface area contributed by atoms with Crippen LogP contribution in [-0.2, 0) is 28.7 Å². The Bertz CT molecular complexity index is 1020. The molecule has 2 unspecified atom stereocenters.